The third-order valence-electron chi connectivity index (χ3n) is 7.80. The Morgan fingerprint density at radius 2 is 1.67 bits per heavy atom. The Balaban J connectivity index is 1.29. The fraction of sp³-hybridized carbons (Fsp3) is 0.321. The van der Waals surface area contributed by atoms with Gasteiger partial charge in [-0.2, -0.15) is 0 Å². The van der Waals surface area contributed by atoms with Crippen molar-refractivity contribution in [2.75, 3.05) is 5.73 Å². The van der Waals surface area contributed by atoms with Crippen LogP contribution in [0.2, 0.25) is 0 Å². The average molecular weight is 437 g/mol. The van der Waals surface area contributed by atoms with Gasteiger partial charge in [0.05, 0.1) is 0 Å². The molecular weight excluding hydrogens is 408 g/mol. The van der Waals surface area contributed by atoms with Gasteiger partial charge in [0.1, 0.15) is 0 Å². The average Bonchev–Trinajstić information content (AvgIpc) is 3.61. The molecule has 4 aromatic rings. The van der Waals surface area contributed by atoms with Crippen molar-refractivity contribution in [1.82, 2.24) is 15.2 Å². The van der Waals surface area contributed by atoms with E-state index in [9.17, 15) is 0 Å². The van der Waals surface area contributed by atoms with Crippen LogP contribution in [0.15, 0.2) is 77.3 Å². The van der Waals surface area contributed by atoms with Crippen LogP contribution < -0.4 is 5.73 Å². The third-order valence-corrected chi connectivity index (χ3v) is 7.80. The molecule has 6 rings (SSSR count). The molecule has 2 saturated carbocycles. The van der Waals surface area contributed by atoms with Crippen molar-refractivity contribution in [3.05, 3.63) is 95.3 Å². The topological polar surface area (TPSA) is 77.8 Å². The van der Waals surface area contributed by atoms with E-state index in [1.807, 2.05) is 12.3 Å². The monoisotopic (exact) mass is 436 g/mol. The largest absolute Gasteiger partial charge is 0.404 e. The van der Waals surface area contributed by atoms with Gasteiger partial charge in [-0.3, -0.25) is 4.98 Å². The highest BCUT2D eigenvalue weighted by atomic mass is 16.4. The van der Waals surface area contributed by atoms with E-state index in [-0.39, 0.29) is 11.4 Å². The molecule has 3 atom stereocenters. The molecule has 2 aliphatic carbocycles. The highest BCUT2D eigenvalue weighted by Crippen LogP contribution is 2.60. The second-order valence-electron chi connectivity index (χ2n) is 9.59. The number of benzene rings is 2. The van der Waals surface area contributed by atoms with Crippen molar-refractivity contribution in [2.24, 2.45) is 11.8 Å². The van der Waals surface area contributed by atoms with Gasteiger partial charge in [0.2, 0.25) is 5.89 Å². The minimum absolute atomic E-state index is 0.0921. The van der Waals surface area contributed by atoms with Gasteiger partial charge in [-0.05, 0) is 84.9 Å². The van der Waals surface area contributed by atoms with Crippen LogP contribution in [0.25, 0.3) is 11.5 Å². The SMILES string of the molecule is Nc1nnc(-c2ccc([C@@]3(c4ccc(CCc5ccccn5)cc4)C[C@@H]4CC[C@H]3C4)cc2)o1. The van der Waals surface area contributed by atoms with E-state index in [0.717, 1.165) is 30.0 Å². The molecule has 33 heavy (non-hydrogen) atoms. The fourth-order valence-electron chi connectivity index (χ4n) is 6.25. The summed E-state index contributed by atoms with van der Waals surface area (Å²) in [5.74, 6) is 2.00. The van der Waals surface area contributed by atoms with Gasteiger partial charge in [-0.25, -0.2) is 0 Å². The predicted molar refractivity (Wildman–Crippen MR) is 128 cm³/mol. The lowest BCUT2D eigenvalue weighted by molar-refractivity contribution is 0.320. The Bertz CT molecular complexity index is 1230. The van der Waals surface area contributed by atoms with Gasteiger partial charge in [0, 0.05) is 22.9 Å². The number of hydrogen-bond donors (Lipinski definition) is 1. The number of aryl methyl sites for hydroxylation is 2. The van der Waals surface area contributed by atoms with Gasteiger partial charge in [0.15, 0.2) is 0 Å². The van der Waals surface area contributed by atoms with Crippen molar-refractivity contribution in [3.63, 3.8) is 0 Å². The molecule has 0 saturated heterocycles. The summed E-state index contributed by atoms with van der Waals surface area (Å²) in [6, 6.07) is 24.3. The molecule has 0 amide bonds. The van der Waals surface area contributed by atoms with Crippen LogP contribution in [-0.4, -0.2) is 15.2 Å². The zero-order valence-corrected chi connectivity index (χ0v) is 18.7. The van der Waals surface area contributed by atoms with Crippen LogP contribution in [0.4, 0.5) is 6.01 Å². The van der Waals surface area contributed by atoms with Crippen LogP contribution >= 0.6 is 0 Å². The maximum Gasteiger partial charge on any atom is 0.313 e. The van der Waals surface area contributed by atoms with Crippen molar-refractivity contribution in [1.29, 1.82) is 0 Å². The summed E-state index contributed by atoms with van der Waals surface area (Å²) in [5.41, 5.74) is 12.0. The third kappa shape index (κ3) is 3.62. The molecule has 0 spiro atoms. The van der Waals surface area contributed by atoms with E-state index >= 15 is 0 Å². The first-order valence-corrected chi connectivity index (χ1v) is 11.9. The van der Waals surface area contributed by atoms with Crippen LogP contribution in [0, 0.1) is 11.8 Å². The molecule has 2 aliphatic rings. The van der Waals surface area contributed by atoms with Crippen molar-refractivity contribution in [3.8, 4) is 11.5 Å². The molecular formula is C28H28N4O. The number of nitrogens with two attached hydrogens (primary N) is 1. The molecule has 2 bridgehead atoms. The number of pyridine rings is 1. The van der Waals surface area contributed by atoms with Gasteiger partial charge < -0.3 is 10.2 Å². The smallest absolute Gasteiger partial charge is 0.313 e. The van der Waals surface area contributed by atoms with Crippen LogP contribution in [0.1, 0.15) is 48.1 Å². The molecule has 2 aromatic heterocycles. The summed E-state index contributed by atoms with van der Waals surface area (Å²) >= 11 is 0. The molecule has 0 unspecified atom stereocenters. The summed E-state index contributed by atoms with van der Waals surface area (Å²) in [6.07, 6.45) is 9.11. The molecule has 166 valence electrons. The van der Waals surface area contributed by atoms with E-state index in [1.165, 1.54) is 42.4 Å². The first-order valence-electron chi connectivity index (χ1n) is 11.9. The number of rotatable bonds is 6. The van der Waals surface area contributed by atoms with E-state index in [0.29, 0.717) is 11.8 Å². The highest BCUT2D eigenvalue weighted by molar-refractivity contribution is 5.56. The lowest BCUT2D eigenvalue weighted by atomic mass is 9.64. The molecule has 2 heterocycles. The van der Waals surface area contributed by atoms with Crippen molar-refractivity contribution in [2.45, 2.75) is 43.9 Å². The second kappa shape index (κ2) is 8.14. The van der Waals surface area contributed by atoms with Crippen LogP contribution in [0.3, 0.4) is 0 Å². The number of fused-ring (bicyclic) bond motifs is 2. The van der Waals surface area contributed by atoms with E-state index in [2.05, 4.69) is 75.8 Å². The Kier molecular flexibility index (Phi) is 4.97. The molecule has 0 aliphatic heterocycles. The molecule has 0 radical (unpaired) electrons. The van der Waals surface area contributed by atoms with Gasteiger partial charge in [-0.15, -0.1) is 5.10 Å². The minimum Gasteiger partial charge on any atom is -0.404 e. The summed E-state index contributed by atoms with van der Waals surface area (Å²) in [4.78, 5) is 4.46. The lowest BCUT2D eigenvalue weighted by Gasteiger charge is -2.39. The van der Waals surface area contributed by atoms with E-state index < -0.39 is 0 Å². The van der Waals surface area contributed by atoms with Crippen LogP contribution in [-0.2, 0) is 18.3 Å². The lowest BCUT2D eigenvalue weighted by Crippen LogP contribution is -2.34. The molecule has 2 aromatic carbocycles. The standard InChI is InChI=1S/C28H28N4O/c29-27-32-31-26(33-27)21-8-13-23(14-9-21)28(18-20-6-12-24(28)17-20)22-10-4-19(5-11-22)7-15-25-3-1-2-16-30-25/h1-5,8-11,13-14,16,20,24H,6-7,12,15,17-18H2,(H2,29,32)/t20-,24+,28+/m1/s1. The quantitative estimate of drug-likeness (QED) is 0.425. The normalized spacial score (nSPS) is 23.8. The van der Waals surface area contributed by atoms with Gasteiger partial charge >= 0.3 is 6.01 Å². The first-order chi connectivity index (χ1) is 16.2. The zero-order chi connectivity index (χ0) is 22.3. The molecule has 5 heteroatoms. The summed E-state index contributed by atoms with van der Waals surface area (Å²) in [5, 5.41) is 7.81. The zero-order valence-electron chi connectivity index (χ0n) is 18.7. The Morgan fingerprint density at radius 1 is 0.879 bits per heavy atom. The number of anilines is 1. The summed E-state index contributed by atoms with van der Waals surface area (Å²) in [6.45, 7) is 0. The summed E-state index contributed by atoms with van der Waals surface area (Å²) in [7, 11) is 0. The van der Waals surface area contributed by atoms with Gasteiger partial charge in [0.25, 0.3) is 0 Å². The summed E-state index contributed by atoms with van der Waals surface area (Å²) < 4.78 is 5.41. The number of aromatic nitrogens is 3. The molecule has 2 fully saturated rings. The molecule has 2 N–H and O–H groups in total. The van der Waals surface area contributed by atoms with Crippen LogP contribution in [0.5, 0.6) is 0 Å². The van der Waals surface area contributed by atoms with Crippen molar-refractivity contribution >= 4 is 6.01 Å². The Hall–Kier alpha value is -3.47. The van der Waals surface area contributed by atoms with E-state index in [4.69, 9.17) is 10.2 Å². The number of nitrogens with zero attached hydrogens (tertiary/aromatic N) is 3. The van der Waals surface area contributed by atoms with Crippen molar-refractivity contribution < 1.29 is 4.42 Å². The minimum atomic E-state index is 0.0921. The van der Waals surface area contributed by atoms with Gasteiger partial charge in [-0.1, -0.05) is 54.0 Å². The first kappa shape index (κ1) is 20.2. The molecule has 5 nitrogen and oxygen atoms in total. The second-order valence-corrected chi connectivity index (χ2v) is 9.59. The maximum absolute atomic E-state index is 5.61. The number of nitrogen functional groups attached to an aromatic ring is 1. The predicted octanol–water partition coefficient (Wildman–Crippen LogP) is 5.61. The Morgan fingerprint density at radius 3 is 2.27 bits per heavy atom. The van der Waals surface area contributed by atoms with E-state index in [1.54, 1.807) is 0 Å². The maximum atomic E-state index is 5.61. The fourth-order valence-corrected chi connectivity index (χ4v) is 6.25. The Labute approximate surface area is 194 Å². The highest BCUT2D eigenvalue weighted by Gasteiger charge is 2.52. The number of hydrogen-bond acceptors (Lipinski definition) is 5.